The van der Waals surface area contributed by atoms with Gasteiger partial charge in [0, 0.05) is 11.8 Å². The molecule has 0 bridgehead atoms. The molecule has 0 aromatic carbocycles. The number of carbonyl (C=O) groups is 1. The van der Waals surface area contributed by atoms with E-state index in [1.54, 1.807) is 0 Å². The van der Waals surface area contributed by atoms with E-state index in [0.717, 1.165) is 18.8 Å². The van der Waals surface area contributed by atoms with Crippen molar-refractivity contribution >= 4 is 5.97 Å². The van der Waals surface area contributed by atoms with Crippen LogP contribution in [0.5, 0.6) is 0 Å². The molecule has 0 unspecified atom stereocenters. The molecule has 0 radical (unpaired) electrons. The van der Waals surface area contributed by atoms with Gasteiger partial charge in [-0.15, -0.1) is 0 Å². The molecule has 0 aliphatic carbocycles. The molecule has 0 saturated carbocycles. The molecular formula is C15H32O5. The van der Waals surface area contributed by atoms with Gasteiger partial charge in [-0.3, -0.25) is 4.79 Å². The van der Waals surface area contributed by atoms with Crippen LogP contribution in [0.3, 0.4) is 0 Å². The number of aliphatic hydroxyl groups is 3. The number of carboxylic acids is 1. The largest absolute Gasteiger partial charge is 0.481 e. The summed E-state index contributed by atoms with van der Waals surface area (Å²) in [5.41, 5.74) is -0.667. The molecule has 0 heterocycles. The van der Waals surface area contributed by atoms with Gasteiger partial charge in [0.1, 0.15) is 0 Å². The average molecular weight is 292 g/mol. The van der Waals surface area contributed by atoms with Crippen molar-refractivity contribution in [2.45, 2.75) is 59.3 Å². The molecule has 0 spiro atoms. The lowest BCUT2D eigenvalue weighted by molar-refractivity contribution is -0.137. The lowest BCUT2D eigenvalue weighted by Gasteiger charge is -2.24. The van der Waals surface area contributed by atoms with Crippen LogP contribution >= 0.6 is 0 Å². The Hall–Kier alpha value is -0.650. The van der Waals surface area contributed by atoms with E-state index >= 15 is 0 Å². The molecule has 5 nitrogen and oxygen atoms in total. The van der Waals surface area contributed by atoms with E-state index in [1.807, 2.05) is 6.92 Å². The van der Waals surface area contributed by atoms with Gasteiger partial charge in [0.25, 0.3) is 0 Å². The van der Waals surface area contributed by atoms with Gasteiger partial charge in [-0.1, -0.05) is 40.0 Å². The minimum absolute atomic E-state index is 0.156. The number of carboxylic acid groups (broad SMARTS) is 1. The SMILES string of the molecule is CC(C)CCCCCC(=O)O.CCC(CO)(CO)CO. The summed E-state index contributed by atoms with van der Waals surface area (Å²) in [6, 6.07) is 0. The summed E-state index contributed by atoms with van der Waals surface area (Å²) in [7, 11) is 0. The Kier molecular flexibility index (Phi) is 14.4. The third-order valence-corrected chi connectivity index (χ3v) is 3.43. The van der Waals surface area contributed by atoms with Gasteiger partial charge in [-0.05, 0) is 18.8 Å². The van der Waals surface area contributed by atoms with E-state index in [1.165, 1.54) is 12.8 Å². The standard InChI is InChI=1S/C9H18O2.C6H14O3/c1-8(2)6-4-3-5-7-9(10)11;1-2-6(3-7,4-8)5-9/h8H,3-7H2,1-2H3,(H,10,11);7-9H,2-5H2,1H3. The van der Waals surface area contributed by atoms with Crippen LogP contribution in [0.1, 0.15) is 59.3 Å². The van der Waals surface area contributed by atoms with Gasteiger partial charge in [0.05, 0.1) is 19.8 Å². The van der Waals surface area contributed by atoms with Gasteiger partial charge in [0.2, 0.25) is 0 Å². The molecule has 0 fully saturated rings. The molecule has 0 aliphatic heterocycles. The third kappa shape index (κ3) is 12.4. The highest BCUT2D eigenvalue weighted by Gasteiger charge is 2.24. The van der Waals surface area contributed by atoms with Gasteiger partial charge < -0.3 is 20.4 Å². The van der Waals surface area contributed by atoms with Gasteiger partial charge in [-0.25, -0.2) is 0 Å². The van der Waals surface area contributed by atoms with Crippen LogP contribution in [0.25, 0.3) is 0 Å². The number of hydrogen-bond donors (Lipinski definition) is 4. The first kappa shape index (κ1) is 21.6. The maximum absolute atomic E-state index is 10.1. The fourth-order valence-electron chi connectivity index (χ4n) is 1.49. The molecule has 0 aliphatic rings. The lowest BCUT2D eigenvalue weighted by Crippen LogP contribution is -2.32. The van der Waals surface area contributed by atoms with Crippen LogP contribution in [-0.2, 0) is 4.79 Å². The highest BCUT2D eigenvalue weighted by Crippen LogP contribution is 2.18. The van der Waals surface area contributed by atoms with Gasteiger partial charge in [-0.2, -0.15) is 0 Å². The van der Waals surface area contributed by atoms with Gasteiger partial charge >= 0.3 is 5.97 Å². The molecule has 4 N–H and O–H groups in total. The predicted octanol–water partition coefficient (Wildman–Crippen LogP) is 2.04. The summed E-state index contributed by atoms with van der Waals surface area (Å²) in [4.78, 5) is 10.1. The molecule has 20 heavy (non-hydrogen) atoms. The first-order chi connectivity index (χ1) is 9.37. The Morgan fingerprint density at radius 2 is 1.50 bits per heavy atom. The van der Waals surface area contributed by atoms with E-state index < -0.39 is 11.4 Å². The van der Waals surface area contributed by atoms with Crippen molar-refractivity contribution in [1.82, 2.24) is 0 Å². The monoisotopic (exact) mass is 292 g/mol. The van der Waals surface area contributed by atoms with Crippen LogP contribution in [0, 0.1) is 11.3 Å². The van der Waals surface area contributed by atoms with Crippen molar-refractivity contribution in [3.63, 3.8) is 0 Å². The molecule has 0 atom stereocenters. The van der Waals surface area contributed by atoms with E-state index in [9.17, 15) is 4.79 Å². The van der Waals surface area contributed by atoms with Crippen molar-refractivity contribution in [2.24, 2.45) is 11.3 Å². The molecular weight excluding hydrogens is 260 g/mol. The maximum Gasteiger partial charge on any atom is 0.303 e. The second-order valence-electron chi connectivity index (χ2n) is 5.71. The number of aliphatic carboxylic acids is 1. The van der Waals surface area contributed by atoms with E-state index in [2.05, 4.69) is 13.8 Å². The molecule has 0 saturated heterocycles. The zero-order chi connectivity index (χ0) is 16.0. The molecule has 0 amide bonds. The second-order valence-corrected chi connectivity index (χ2v) is 5.71. The summed E-state index contributed by atoms with van der Waals surface area (Å²) >= 11 is 0. The van der Waals surface area contributed by atoms with Crippen LogP contribution < -0.4 is 0 Å². The predicted molar refractivity (Wildman–Crippen MR) is 79.5 cm³/mol. The van der Waals surface area contributed by atoms with E-state index in [4.69, 9.17) is 20.4 Å². The van der Waals surface area contributed by atoms with Crippen LogP contribution in [0.2, 0.25) is 0 Å². The molecule has 122 valence electrons. The minimum Gasteiger partial charge on any atom is -0.481 e. The Morgan fingerprint density at radius 1 is 1.00 bits per heavy atom. The molecule has 5 heteroatoms. The number of unbranched alkanes of at least 4 members (excludes halogenated alkanes) is 2. The normalized spacial score (nSPS) is 11.2. The Balaban J connectivity index is 0. The minimum atomic E-state index is -0.672. The zero-order valence-electron chi connectivity index (χ0n) is 13.1. The lowest BCUT2D eigenvalue weighted by atomic mass is 9.88. The summed E-state index contributed by atoms with van der Waals surface area (Å²) in [5.74, 6) is 0.0781. The van der Waals surface area contributed by atoms with E-state index in [-0.39, 0.29) is 19.8 Å². The van der Waals surface area contributed by atoms with Crippen molar-refractivity contribution in [3.05, 3.63) is 0 Å². The number of hydrogen-bond acceptors (Lipinski definition) is 4. The van der Waals surface area contributed by atoms with E-state index in [0.29, 0.717) is 12.8 Å². The van der Waals surface area contributed by atoms with Crippen LogP contribution in [-0.4, -0.2) is 46.2 Å². The summed E-state index contributed by atoms with van der Waals surface area (Å²) in [5, 5.41) is 34.3. The highest BCUT2D eigenvalue weighted by atomic mass is 16.4. The van der Waals surface area contributed by atoms with Gasteiger partial charge in [0.15, 0.2) is 0 Å². The second kappa shape index (κ2) is 13.3. The third-order valence-electron chi connectivity index (χ3n) is 3.43. The van der Waals surface area contributed by atoms with Crippen molar-refractivity contribution < 1.29 is 25.2 Å². The van der Waals surface area contributed by atoms with Crippen molar-refractivity contribution in [3.8, 4) is 0 Å². The Morgan fingerprint density at radius 3 is 1.75 bits per heavy atom. The quantitative estimate of drug-likeness (QED) is 0.462. The summed E-state index contributed by atoms with van der Waals surface area (Å²) in [6.07, 6.45) is 5.21. The highest BCUT2D eigenvalue weighted by molar-refractivity contribution is 5.66. The number of rotatable bonds is 10. The van der Waals surface area contributed by atoms with Crippen LogP contribution in [0.15, 0.2) is 0 Å². The van der Waals surface area contributed by atoms with Crippen molar-refractivity contribution in [2.75, 3.05) is 19.8 Å². The topological polar surface area (TPSA) is 98.0 Å². The zero-order valence-corrected chi connectivity index (χ0v) is 13.1. The fourth-order valence-corrected chi connectivity index (χ4v) is 1.49. The van der Waals surface area contributed by atoms with Crippen molar-refractivity contribution in [1.29, 1.82) is 0 Å². The summed E-state index contributed by atoms with van der Waals surface area (Å²) in [6.45, 7) is 5.74. The molecule has 0 aromatic heterocycles. The molecule has 0 aromatic rings. The van der Waals surface area contributed by atoms with Crippen LogP contribution in [0.4, 0.5) is 0 Å². The molecule has 0 rings (SSSR count). The smallest absolute Gasteiger partial charge is 0.303 e. The average Bonchev–Trinajstić information content (AvgIpc) is 2.42. The Labute approximate surface area is 122 Å². The summed E-state index contributed by atoms with van der Waals surface area (Å²) < 4.78 is 0. The Bertz CT molecular complexity index is 207. The first-order valence-corrected chi connectivity index (χ1v) is 7.41. The maximum atomic E-state index is 10.1. The number of aliphatic hydroxyl groups excluding tert-OH is 3. The first-order valence-electron chi connectivity index (χ1n) is 7.41. The fraction of sp³-hybridized carbons (Fsp3) is 0.933.